The van der Waals surface area contributed by atoms with Gasteiger partial charge in [-0.15, -0.1) is 0 Å². The van der Waals surface area contributed by atoms with E-state index in [0.717, 1.165) is 0 Å². The number of benzene rings is 1. The Morgan fingerprint density at radius 2 is 1.78 bits per heavy atom. The summed E-state index contributed by atoms with van der Waals surface area (Å²) in [5.41, 5.74) is 1.55. The summed E-state index contributed by atoms with van der Waals surface area (Å²) in [4.78, 5) is 14.7. The quantitative estimate of drug-likeness (QED) is 0.838. The van der Waals surface area contributed by atoms with Crippen LogP contribution in [0.3, 0.4) is 0 Å². The van der Waals surface area contributed by atoms with Crippen LogP contribution >= 0.6 is 11.6 Å². The monoisotopic (exact) mass is 411 g/mol. The predicted molar refractivity (Wildman–Crippen MR) is 104 cm³/mol. The Morgan fingerprint density at radius 1 is 1.15 bits per heavy atom. The van der Waals surface area contributed by atoms with E-state index in [-0.39, 0.29) is 27.1 Å². The molecule has 3 rings (SSSR count). The van der Waals surface area contributed by atoms with Crippen molar-refractivity contribution in [1.29, 1.82) is 0 Å². The number of hydrogen-bond donors (Lipinski definition) is 1. The molecule has 146 valence electrons. The van der Waals surface area contributed by atoms with Gasteiger partial charge < -0.3 is 14.2 Å². The number of nitrogens with one attached hydrogen (secondary N) is 1. The number of sulfonamides is 1. The number of ether oxygens (including phenoxy) is 1. The first-order valence-corrected chi connectivity index (χ1v) is 10.4. The Hall–Kier alpha value is -2.03. The van der Waals surface area contributed by atoms with Gasteiger partial charge in [0, 0.05) is 31.5 Å². The number of nitrogens with zero attached hydrogens (tertiary/aromatic N) is 2. The van der Waals surface area contributed by atoms with Crippen molar-refractivity contribution in [3.63, 3.8) is 0 Å². The van der Waals surface area contributed by atoms with Crippen LogP contribution in [0.1, 0.15) is 21.7 Å². The number of morpholine rings is 1. The Morgan fingerprint density at radius 3 is 2.41 bits per heavy atom. The molecule has 1 fully saturated rings. The minimum Gasteiger partial charge on any atom is -0.378 e. The molecule has 2 aromatic rings. The van der Waals surface area contributed by atoms with Crippen molar-refractivity contribution in [3.05, 3.63) is 46.2 Å². The molecule has 1 aromatic carbocycles. The fourth-order valence-electron chi connectivity index (χ4n) is 3.16. The van der Waals surface area contributed by atoms with Crippen molar-refractivity contribution in [2.75, 3.05) is 31.0 Å². The fraction of sp³-hybridized carbons (Fsp3) is 0.389. The second kappa shape index (κ2) is 7.53. The van der Waals surface area contributed by atoms with Gasteiger partial charge in [-0.1, -0.05) is 23.7 Å². The number of rotatable bonds is 4. The number of halogens is 1. The lowest BCUT2D eigenvalue weighted by atomic mass is 10.2. The van der Waals surface area contributed by atoms with E-state index < -0.39 is 10.0 Å². The predicted octanol–water partition coefficient (Wildman–Crippen LogP) is 2.57. The first-order valence-electron chi connectivity index (χ1n) is 8.54. The summed E-state index contributed by atoms with van der Waals surface area (Å²) in [5.74, 6) is -0.306. The van der Waals surface area contributed by atoms with Gasteiger partial charge in [-0.3, -0.25) is 9.52 Å². The van der Waals surface area contributed by atoms with Gasteiger partial charge in [-0.25, -0.2) is 8.42 Å². The zero-order chi connectivity index (χ0) is 19.8. The second-order valence-electron chi connectivity index (χ2n) is 6.42. The molecule has 1 aliphatic heterocycles. The Balaban J connectivity index is 2.08. The van der Waals surface area contributed by atoms with E-state index in [4.69, 9.17) is 16.3 Å². The van der Waals surface area contributed by atoms with Crippen LogP contribution in [-0.2, 0) is 21.8 Å². The Bertz CT molecular complexity index is 979. The Kier molecular flexibility index (Phi) is 5.50. The molecule has 1 N–H and O–H groups in total. The second-order valence-corrected chi connectivity index (χ2v) is 8.45. The van der Waals surface area contributed by atoms with Crippen LogP contribution in [0.2, 0.25) is 5.02 Å². The summed E-state index contributed by atoms with van der Waals surface area (Å²) in [5, 5.41) is 0.285. The first kappa shape index (κ1) is 19.7. The van der Waals surface area contributed by atoms with Gasteiger partial charge in [0.25, 0.3) is 15.9 Å². The molecule has 27 heavy (non-hydrogen) atoms. The van der Waals surface area contributed by atoms with Crippen LogP contribution in [0.5, 0.6) is 0 Å². The fourth-order valence-corrected chi connectivity index (χ4v) is 5.00. The maximum Gasteiger partial charge on any atom is 0.264 e. The molecule has 9 heteroatoms. The van der Waals surface area contributed by atoms with E-state index >= 15 is 0 Å². The maximum atomic E-state index is 13.2. The summed E-state index contributed by atoms with van der Waals surface area (Å²) >= 11 is 6.10. The number of carbonyl (C=O) groups is 1. The summed E-state index contributed by atoms with van der Waals surface area (Å²) in [7, 11) is -2.27. The van der Waals surface area contributed by atoms with Crippen LogP contribution in [0, 0.1) is 13.8 Å². The molecule has 1 amide bonds. The minimum absolute atomic E-state index is 0.0149. The summed E-state index contributed by atoms with van der Waals surface area (Å²) in [6.45, 7) is 5.18. The standard InChI is InChI=1S/C18H22ClN3O4S/c1-12-16(18(23)22-8-10-26-11-9-22)17(13(2)21(12)3)27(24,25)20-15-7-5-4-6-14(15)19/h4-7,20H,8-11H2,1-3H3. The molecule has 0 atom stereocenters. The molecule has 0 unspecified atom stereocenters. The van der Waals surface area contributed by atoms with Crippen molar-refractivity contribution in [1.82, 2.24) is 9.47 Å². The SMILES string of the molecule is Cc1c(C(=O)N2CCOCC2)c(S(=O)(=O)Nc2ccccc2Cl)c(C)n1C. The van der Waals surface area contributed by atoms with Gasteiger partial charge in [0.15, 0.2) is 0 Å². The van der Waals surface area contributed by atoms with Crippen molar-refractivity contribution in [2.45, 2.75) is 18.7 Å². The molecule has 0 bridgehead atoms. The van der Waals surface area contributed by atoms with E-state index in [1.54, 1.807) is 54.6 Å². The lowest BCUT2D eigenvalue weighted by Gasteiger charge is -2.27. The highest BCUT2D eigenvalue weighted by molar-refractivity contribution is 7.92. The third kappa shape index (κ3) is 3.69. The van der Waals surface area contributed by atoms with E-state index in [1.165, 1.54) is 0 Å². The normalized spacial score (nSPS) is 15.0. The zero-order valence-corrected chi connectivity index (χ0v) is 17.0. The molecule has 1 aromatic heterocycles. The Labute approximate surface area is 163 Å². The van der Waals surface area contributed by atoms with Crippen LogP contribution in [-0.4, -0.2) is 50.1 Å². The lowest BCUT2D eigenvalue weighted by Crippen LogP contribution is -2.41. The van der Waals surface area contributed by atoms with Gasteiger partial charge in [-0.05, 0) is 26.0 Å². The molecule has 2 heterocycles. The van der Waals surface area contributed by atoms with Crippen molar-refractivity contribution in [3.8, 4) is 0 Å². The lowest BCUT2D eigenvalue weighted by molar-refractivity contribution is 0.0300. The summed E-state index contributed by atoms with van der Waals surface area (Å²) in [6.07, 6.45) is 0. The number of para-hydroxylation sites is 1. The molecule has 0 spiro atoms. The number of aromatic nitrogens is 1. The third-order valence-electron chi connectivity index (χ3n) is 4.82. The van der Waals surface area contributed by atoms with Gasteiger partial charge in [0.1, 0.15) is 4.90 Å². The smallest absolute Gasteiger partial charge is 0.264 e. The van der Waals surface area contributed by atoms with Crippen molar-refractivity contribution >= 4 is 33.2 Å². The van der Waals surface area contributed by atoms with Crippen LogP contribution in [0.15, 0.2) is 29.2 Å². The molecule has 0 saturated carbocycles. The van der Waals surface area contributed by atoms with Gasteiger partial charge in [0.2, 0.25) is 0 Å². The number of anilines is 1. The van der Waals surface area contributed by atoms with Crippen LogP contribution in [0.25, 0.3) is 0 Å². The van der Waals surface area contributed by atoms with E-state index in [1.807, 2.05) is 0 Å². The third-order valence-corrected chi connectivity index (χ3v) is 6.68. The summed E-state index contributed by atoms with van der Waals surface area (Å²) in [6, 6.07) is 6.58. The van der Waals surface area contributed by atoms with Gasteiger partial charge in [0.05, 0.1) is 29.5 Å². The molecule has 7 nitrogen and oxygen atoms in total. The molecule has 0 aliphatic carbocycles. The topological polar surface area (TPSA) is 80.6 Å². The average molecular weight is 412 g/mol. The number of amides is 1. The van der Waals surface area contributed by atoms with Crippen LogP contribution < -0.4 is 4.72 Å². The van der Waals surface area contributed by atoms with Gasteiger partial charge >= 0.3 is 0 Å². The largest absolute Gasteiger partial charge is 0.378 e. The zero-order valence-electron chi connectivity index (χ0n) is 15.5. The van der Waals surface area contributed by atoms with Crippen molar-refractivity contribution < 1.29 is 17.9 Å². The highest BCUT2D eigenvalue weighted by atomic mass is 35.5. The van der Waals surface area contributed by atoms with Crippen LogP contribution in [0.4, 0.5) is 5.69 Å². The maximum absolute atomic E-state index is 13.2. The van der Waals surface area contributed by atoms with Gasteiger partial charge in [-0.2, -0.15) is 0 Å². The van der Waals surface area contributed by atoms with E-state index in [9.17, 15) is 13.2 Å². The average Bonchev–Trinajstić information content (AvgIpc) is 2.88. The highest BCUT2D eigenvalue weighted by Gasteiger charge is 2.33. The first-order chi connectivity index (χ1) is 12.7. The van der Waals surface area contributed by atoms with Crippen molar-refractivity contribution in [2.24, 2.45) is 7.05 Å². The molecular formula is C18H22ClN3O4S. The molecular weight excluding hydrogens is 390 g/mol. The summed E-state index contributed by atoms with van der Waals surface area (Å²) < 4.78 is 35.9. The van der Waals surface area contributed by atoms with E-state index in [0.29, 0.717) is 37.7 Å². The minimum atomic E-state index is -4.02. The molecule has 0 radical (unpaired) electrons. The number of carbonyl (C=O) groups excluding carboxylic acids is 1. The molecule has 1 aliphatic rings. The van der Waals surface area contributed by atoms with E-state index in [2.05, 4.69) is 4.72 Å². The molecule has 1 saturated heterocycles. The highest BCUT2D eigenvalue weighted by Crippen LogP contribution is 2.31. The number of hydrogen-bond acceptors (Lipinski definition) is 4.